The predicted octanol–water partition coefficient (Wildman–Crippen LogP) is 8.38. The van der Waals surface area contributed by atoms with Crippen molar-refractivity contribution in [1.29, 1.82) is 0 Å². The summed E-state index contributed by atoms with van der Waals surface area (Å²) >= 11 is 0. The number of ether oxygens (including phenoxy) is 3. The van der Waals surface area contributed by atoms with Crippen LogP contribution >= 0.6 is 0 Å². The molecule has 0 bridgehead atoms. The van der Waals surface area contributed by atoms with Gasteiger partial charge in [-0.05, 0) is 60.5 Å². The van der Waals surface area contributed by atoms with Crippen molar-refractivity contribution >= 4 is 6.09 Å². The number of rotatable bonds is 7. The highest BCUT2D eigenvalue weighted by molar-refractivity contribution is 5.73. The first-order chi connectivity index (χ1) is 21.7. The molecule has 1 aliphatic heterocycles. The van der Waals surface area contributed by atoms with Crippen molar-refractivity contribution in [2.45, 2.75) is 43.4 Å². The lowest BCUT2D eigenvalue weighted by Gasteiger charge is -2.40. The maximum atomic E-state index is 14.1. The second kappa shape index (κ2) is 12.7. The van der Waals surface area contributed by atoms with E-state index in [1.54, 1.807) is 48.5 Å². The van der Waals surface area contributed by atoms with Gasteiger partial charge in [0.25, 0.3) is 0 Å². The molecule has 46 heavy (non-hydrogen) atoms. The molecule has 13 heteroatoms. The Balaban J connectivity index is 1.60. The summed E-state index contributed by atoms with van der Waals surface area (Å²) < 4.78 is 113. The minimum atomic E-state index is -5.10. The van der Waals surface area contributed by atoms with Gasteiger partial charge in [0, 0.05) is 5.56 Å². The van der Waals surface area contributed by atoms with Crippen molar-refractivity contribution in [1.82, 2.24) is 4.90 Å². The number of halogens is 7. The summed E-state index contributed by atoms with van der Waals surface area (Å²) in [7, 11) is 0. The Morgan fingerprint density at radius 1 is 0.870 bits per heavy atom. The number of alkyl halides is 6. The molecule has 5 rings (SSSR count). The Bertz CT molecular complexity index is 1620. The molecule has 1 heterocycles. The number of para-hydroxylation sites is 1. The van der Waals surface area contributed by atoms with E-state index in [-0.39, 0.29) is 17.4 Å². The third-order valence-electron chi connectivity index (χ3n) is 7.54. The summed E-state index contributed by atoms with van der Waals surface area (Å²) in [4.78, 5) is 15.0. The number of nitrogens with zero attached hydrogens (tertiary/aromatic N) is 1. The predicted molar refractivity (Wildman–Crippen MR) is 149 cm³/mol. The van der Waals surface area contributed by atoms with Crippen LogP contribution in [-0.4, -0.2) is 29.0 Å². The molecule has 0 saturated carbocycles. The van der Waals surface area contributed by atoms with Gasteiger partial charge in [0.15, 0.2) is 12.5 Å². The highest BCUT2D eigenvalue weighted by atomic mass is 19.4. The van der Waals surface area contributed by atoms with E-state index >= 15 is 0 Å². The lowest BCUT2D eigenvalue weighted by molar-refractivity contribution is -0.143. The van der Waals surface area contributed by atoms with Crippen molar-refractivity contribution in [2.75, 3.05) is 6.61 Å². The molecule has 1 N–H and O–H groups in total. The zero-order valence-electron chi connectivity index (χ0n) is 23.9. The quantitative estimate of drug-likeness (QED) is 0.204. The van der Waals surface area contributed by atoms with Gasteiger partial charge in [-0.15, -0.1) is 0 Å². The fraction of sp³-hybridized carbons (Fsp3) is 0.242. The van der Waals surface area contributed by atoms with E-state index in [9.17, 15) is 40.6 Å². The van der Waals surface area contributed by atoms with E-state index in [1.165, 1.54) is 31.2 Å². The summed E-state index contributed by atoms with van der Waals surface area (Å²) in [6, 6.07) is 21.7. The third-order valence-corrected chi connectivity index (χ3v) is 7.54. The number of carbonyl (C=O) groups excluding carboxylic acids is 1. The molecule has 1 fully saturated rings. The van der Waals surface area contributed by atoms with E-state index in [0.29, 0.717) is 17.7 Å². The second-order valence-corrected chi connectivity index (χ2v) is 10.5. The fourth-order valence-corrected chi connectivity index (χ4v) is 5.17. The lowest BCUT2D eigenvalue weighted by atomic mass is 9.88. The van der Waals surface area contributed by atoms with E-state index in [0.717, 1.165) is 17.0 Å². The number of benzene rings is 4. The van der Waals surface area contributed by atoms with E-state index < -0.39 is 71.7 Å². The Hall–Kier alpha value is -4.46. The van der Waals surface area contributed by atoms with Gasteiger partial charge >= 0.3 is 18.4 Å². The molecular weight excluding hydrogens is 623 g/mol. The first kappa shape index (κ1) is 32.9. The SMILES string of the molecule is C[C@@H](OC[C@@]1(c2ccc(F)cc2)C(O)O[C@H](c2ccccc2)N1C(=O)Oc1ccccc1)c1cc(C(F)(F)F)cc(C(F)(F)F)c1. The van der Waals surface area contributed by atoms with Crippen LogP contribution in [-0.2, 0) is 27.4 Å². The molecule has 4 atom stereocenters. The zero-order valence-corrected chi connectivity index (χ0v) is 23.9. The highest BCUT2D eigenvalue weighted by Gasteiger charge is 2.59. The van der Waals surface area contributed by atoms with E-state index in [4.69, 9.17) is 14.2 Å². The Kier molecular flexibility index (Phi) is 9.12. The van der Waals surface area contributed by atoms with Crippen molar-refractivity contribution < 1.29 is 54.8 Å². The third kappa shape index (κ3) is 6.71. The average molecular weight is 650 g/mol. The molecule has 0 aliphatic carbocycles. The number of aliphatic hydroxyl groups excluding tert-OH is 1. The zero-order chi connectivity index (χ0) is 33.3. The normalized spacial score (nSPS) is 20.8. The van der Waals surface area contributed by atoms with Gasteiger partial charge in [-0.25, -0.2) is 9.18 Å². The number of carbonyl (C=O) groups is 1. The van der Waals surface area contributed by atoms with Gasteiger partial charge in [0.1, 0.15) is 17.1 Å². The second-order valence-electron chi connectivity index (χ2n) is 10.5. The largest absolute Gasteiger partial charge is 0.418 e. The average Bonchev–Trinajstić information content (AvgIpc) is 3.32. The number of hydrogen-bond donors (Lipinski definition) is 1. The molecule has 1 unspecified atom stereocenters. The number of aliphatic hydroxyl groups is 1. The number of hydrogen-bond acceptors (Lipinski definition) is 5. The van der Waals surface area contributed by atoms with E-state index in [2.05, 4.69) is 0 Å². The summed E-state index contributed by atoms with van der Waals surface area (Å²) in [5.74, 6) is -0.546. The topological polar surface area (TPSA) is 68.2 Å². The highest BCUT2D eigenvalue weighted by Crippen LogP contribution is 2.48. The molecule has 4 aromatic rings. The van der Waals surface area contributed by atoms with Gasteiger partial charge in [0.2, 0.25) is 0 Å². The molecule has 0 radical (unpaired) electrons. The van der Waals surface area contributed by atoms with Gasteiger partial charge in [-0.2, -0.15) is 26.3 Å². The molecule has 6 nitrogen and oxygen atoms in total. The summed E-state index contributed by atoms with van der Waals surface area (Å²) in [6.07, 6.45) is -15.9. The van der Waals surface area contributed by atoms with Crippen LogP contribution < -0.4 is 4.74 Å². The standard InChI is InChI=1S/C33H26F7NO5/c1-20(22-16-24(32(35,36)37)18-25(17-22)33(38,39)40)44-19-31(23-12-14-26(34)15-13-23)29(42)46-28(21-8-4-2-5-9-21)41(31)30(43)45-27-10-6-3-7-11-27/h2-18,20,28-29,42H,19H2,1H3/t20-,28-,29?,31-/m1/s1. The van der Waals surface area contributed by atoms with Crippen LogP contribution in [0.15, 0.2) is 103 Å². The minimum absolute atomic E-state index is 0.00340. The van der Waals surface area contributed by atoms with Crippen molar-refractivity contribution in [3.63, 3.8) is 0 Å². The first-order valence-corrected chi connectivity index (χ1v) is 13.8. The van der Waals surface area contributed by atoms with Gasteiger partial charge in [-0.3, -0.25) is 4.90 Å². The van der Waals surface area contributed by atoms with Crippen LogP contribution in [0.3, 0.4) is 0 Å². The fourth-order valence-electron chi connectivity index (χ4n) is 5.17. The monoisotopic (exact) mass is 649 g/mol. The van der Waals surface area contributed by atoms with Crippen LogP contribution in [0.2, 0.25) is 0 Å². The molecule has 4 aromatic carbocycles. The molecule has 242 valence electrons. The minimum Gasteiger partial charge on any atom is -0.410 e. The molecule has 1 amide bonds. The van der Waals surface area contributed by atoms with Crippen LogP contribution in [0.25, 0.3) is 0 Å². The maximum Gasteiger partial charge on any atom is 0.418 e. The molecular formula is C33H26F7NO5. The van der Waals surface area contributed by atoms with Gasteiger partial charge in [0.05, 0.1) is 23.8 Å². The molecule has 1 aliphatic rings. The first-order valence-electron chi connectivity index (χ1n) is 13.8. The summed E-state index contributed by atoms with van der Waals surface area (Å²) in [5, 5.41) is 11.5. The van der Waals surface area contributed by atoms with Crippen LogP contribution in [0.1, 0.15) is 47.1 Å². The smallest absolute Gasteiger partial charge is 0.410 e. The summed E-state index contributed by atoms with van der Waals surface area (Å²) in [6.45, 7) is 0.489. The summed E-state index contributed by atoms with van der Waals surface area (Å²) in [5.41, 5.74) is -5.12. The maximum absolute atomic E-state index is 14.1. The molecule has 0 spiro atoms. The molecule has 0 aromatic heterocycles. The van der Waals surface area contributed by atoms with Crippen LogP contribution in [0, 0.1) is 5.82 Å². The van der Waals surface area contributed by atoms with Crippen LogP contribution in [0.5, 0.6) is 5.75 Å². The van der Waals surface area contributed by atoms with Crippen LogP contribution in [0.4, 0.5) is 35.5 Å². The number of amides is 1. The molecule has 1 saturated heterocycles. The Morgan fingerprint density at radius 2 is 1.41 bits per heavy atom. The van der Waals surface area contributed by atoms with Gasteiger partial charge in [-0.1, -0.05) is 60.7 Å². The van der Waals surface area contributed by atoms with Gasteiger partial charge < -0.3 is 19.3 Å². The Morgan fingerprint density at radius 3 is 1.96 bits per heavy atom. The van der Waals surface area contributed by atoms with Crippen molar-refractivity contribution in [3.8, 4) is 5.75 Å². The Labute approximate surface area is 258 Å². The van der Waals surface area contributed by atoms with E-state index in [1.807, 2.05) is 0 Å². The van der Waals surface area contributed by atoms with Crippen molar-refractivity contribution in [2.24, 2.45) is 0 Å². The lowest BCUT2D eigenvalue weighted by Crippen LogP contribution is -2.55. The van der Waals surface area contributed by atoms with Crippen molar-refractivity contribution in [3.05, 3.63) is 137 Å².